The highest BCUT2D eigenvalue weighted by Gasteiger charge is 2.23. The zero-order chi connectivity index (χ0) is 13.8. The van der Waals surface area contributed by atoms with Gasteiger partial charge in [0.15, 0.2) is 0 Å². The van der Waals surface area contributed by atoms with Crippen molar-refractivity contribution < 1.29 is 0 Å². The topological polar surface area (TPSA) is 39.1 Å². The number of anilines is 1. The van der Waals surface area contributed by atoms with E-state index in [1.54, 1.807) is 0 Å². The Hall–Kier alpha value is -1.05. The summed E-state index contributed by atoms with van der Waals surface area (Å²) in [4.78, 5) is 2.39. The monoisotopic (exact) mass is 321 g/mol. The zero-order valence-electron chi connectivity index (χ0n) is 11.5. The van der Waals surface area contributed by atoms with Crippen molar-refractivity contribution >= 4 is 21.6 Å². The van der Waals surface area contributed by atoms with Crippen molar-refractivity contribution in [3.8, 4) is 6.07 Å². The fourth-order valence-electron chi connectivity index (χ4n) is 2.71. The first-order chi connectivity index (χ1) is 9.10. The lowest BCUT2D eigenvalue weighted by molar-refractivity contribution is 0.197. The molecule has 0 bridgehead atoms. The summed E-state index contributed by atoms with van der Waals surface area (Å²) in [6.07, 6.45) is 2.52. The van der Waals surface area contributed by atoms with E-state index >= 15 is 0 Å². The zero-order valence-corrected chi connectivity index (χ0v) is 13.1. The largest absolute Gasteiger partial charge is 0.381 e. The van der Waals surface area contributed by atoms with Gasteiger partial charge in [-0.05, 0) is 57.5 Å². The summed E-state index contributed by atoms with van der Waals surface area (Å²) in [5.41, 5.74) is 1.64. The van der Waals surface area contributed by atoms with Crippen LogP contribution in [0.3, 0.4) is 0 Å². The number of rotatable bonds is 3. The Bertz CT molecular complexity index is 481. The van der Waals surface area contributed by atoms with Gasteiger partial charge in [0, 0.05) is 17.1 Å². The SMILES string of the molecule is CC(Nc1cc(Br)ccc1C#N)C1CCCN(C)C1. The lowest BCUT2D eigenvalue weighted by atomic mass is 9.91. The maximum atomic E-state index is 9.16. The van der Waals surface area contributed by atoms with Crippen LogP contribution in [-0.4, -0.2) is 31.1 Å². The van der Waals surface area contributed by atoms with Gasteiger partial charge in [-0.25, -0.2) is 0 Å². The summed E-state index contributed by atoms with van der Waals surface area (Å²) < 4.78 is 1.00. The van der Waals surface area contributed by atoms with Crippen LogP contribution >= 0.6 is 15.9 Å². The molecule has 19 heavy (non-hydrogen) atoms. The first-order valence-electron chi connectivity index (χ1n) is 6.75. The Balaban J connectivity index is 2.08. The van der Waals surface area contributed by atoms with Crippen LogP contribution in [0.2, 0.25) is 0 Å². The molecular weight excluding hydrogens is 302 g/mol. The van der Waals surface area contributed by atoms with Gasteiger partial charge in [0.1, 0.15) is 6.07 Å². The van der Waals surface area contributed by atoms with Crippen LogP contribution in [0, 0.1) is 17.2 Å². The van der Waals surface area contributed by atoms with E-state index < -0.39 is 0 Å². The second-order valence-corrected chi connectivity index (χ2v) is 6.31. The molecule has 0 radical (unpaired) electrons. The van der Waals surface area contributed by atoms with Crippen molar-refractivity contribution in [2.45, 2.75) is 25.8 Å². The Morgan fingerprint density at radius 2 is 2.32 bits per heavy atom. The number of halogens is 1. The van der Waals surface area contributed by atoms with Gasteiger partial charge < -0.3 is 10.2 Å². The molecule has 102 valence electrons. The van der Waals surface area contributed by atoms with E-state index in [1.807, 2.05) is 18.2 Å². The number of benzene rings is 1. The Morgan fingerprint density at radius 3 is 3.00 bits per heavy atom. The van der Waals surface area contributed by atoms with Crippen LogP contribution < -0.4 is 5.32 Å². The van der Waals surface area contributed by atoms with E-state index in [4.69, 9.17) is 5.26 Å². The summed E-state index contributed by atoms with van der Waals surface area (Å²) >= 11 is 3.46. The fourth-order valence-corrected chi connectivity index (χ4v) is 3.07. The van der Waals surface area contributed by atoms with Gasteiger partial charge in [-0.1, -0.05) is 15.9 Å². The highest BCUT2D eigenvalue weighted by Crippen LogP contribution is 2.25. The van der Waals surface area contributed by atoms with E-state index in [1.165, 1.54) is 19.4 Å². The molecule has 1 saturated heterocycles. The first-order valence-corrected chi connectivity index (χ1v) is 7.54. The van der Waals surface area contributed by atoms with E-state index in [9.17, 15) is 0 Å². The van der Waals surface area contributed by atoms with Crippen molar-refractivity contribution in [2.75, 3.05) is 25.5 Å². The van der Waals surface area contributed by atoms with Gasteiger partial charge in [-0.15, -0.1) is 0 Å². The Kier molecular flexibility index (Phi) is 4.84. The fraction of sp³-hybridized carbons (Fsp3) is 0.533. The number of hydrogen-bond acceptors (Lipinski definition) is 3. The molecular formula is C15H20BrN3. The summed E-state index contributed by atoms with van der Waals surface area (Å²) in [6.45, 7) is 4.54. The van der Waals surface area contributed by atoms with Crippen LogP contribution in [0.5, 0.6) is 0 Å². The quantitative estimate of drug-likeness (QED) is 0.926. The summed E-state index contributed by atoms with van der Waals surface area (Å²) in [6, 6.07) is 8.37. The van der Waals surface area contributed by atoms with E-state index in [0.717, 1.165) is 16.7 Å². The van der Waals surface area contributed by atoms with Crippen LogP contribution in [0.1, 0.15) is 25.3 Å². The molecule has 3 nitrogen and oxygen atoms in total. The van der Waals surface area contributed by atoms with Crippen molar-refractivity contribution in [3.05, 3.63) is 28.2 Å². The summed E-state index contributed by atoms with van der Waals surface area (Å²) in [7, 11) is 2.18. The third-order valence-corrected chi connectivity index (χ3v) is 4.35. The number of likely N-dealkylation sites (tertiary alicyclic amines) is 1. The molecule has 1 aliphatic heterocycles. The molecule has 1 aromatic rings. The summed E-state index contributed by atoms with van der Waals surface area (Å²) in [5, 5.41) is 12.7. The molecule has 0 saturated carbocycles. The normalized spacial score (nSPS) is 21.7. The second-order valence-electron chi connectivity index (χ2n) is 5.40. The molecule has 0 spiro atoms. The molecule has 1 aliphatic rings. The number of nitrogens with one attached hydrogen (secondary N) is 1. The first kappa shape index (κ1) is 14.4. The molecule has 0 amide bonds. The standard InChI is InChI=1S/C15H20BrN3/c1-11(13-4-3-7-19(2)10-13)18-15-8-14(16)6-5-12(15)9-17/h5-6,8,11,13,18H,3-4,7,10H2,1-2H3. The highest BCUT2D eigenvalue weighted by molar-refractivity contribution is 9.10. The molecule has 2 rings (SSSR count). The number of hydrogen-bond donors (Lipinski definition) is 1. The van der Waals surface area contributed by atoms with Crippen LogP contribution in [0.15, 0.2) is 22.7 Å². The average Bonchev–Trinajstić information content (AvgIpc) is 2.39. The molecule has 1 N–H and O–H groups in total. The van der Waals surface area contributed by atoms with Gasteiger partial charge in [0.2, 0.25) is 0 Å². The minimum Gasteiger partial charge on any atom is -0.381 e. The highest BCUT2D eigenvalue weighted by atomic mass is 79.9. The number of nitriles is 1. The Labute approximate surface area is 123 Å². The van der Waals surface area contributed by atoms with Crippen LogP contribution in [-0.2, 0) is 0 Å². The molecule has 0 aromatic heterocycles. The molecule has 0 aliphatic carbocycles. The van der Waals surface area contributed by atoms with Gasteiger partial charge in [-0.2, -0.15) is 5.26 Å². The van der Waals surface area contributed by atoms with Gasteiger partial charge in [0.05, 0.1) is 11.3 Å². The van der Waals surface area contributed by atoms with E-state index in [-0.39, 0.29) is 0 Å². The van der Waals surface area contributed by atoms with E-state index in [0.29, 0.717) is 17.5 Å². The number of nitrogens with zero attached hydrogens (tertiary/aromatic N) is 2. The molecule has 2 unspecified atom stereocenters. The van der Waals surface area contributed by atoms with Crippen LogP contribution in [0.25, 0.3) is 0 Å². The lowest BCUT2D eigenvalue weighted by Gasteiger charge is -2.34. The van der Waals surface area contributed by atoms with Crippen LogP contribution in [0.4, 0.5) is 5.69 Å². The van der Waals surface area contributed by atoms with Gasteiger partial charge in [-0.3, -0.25) is 0 Å². The summed E-state index contributed by atoms with van der Waals surface area (Å²) in [5.74, 6) is 0.643. The third kappa shape index (κ3) is 3.71. The Morgan fingerprint density at radius 1 is 1.53 bits per heavy atom. The minimum absolute atomic E-state index is 0.379. The lowest BCUT2D eigenvalue weighted by Crippen LogP contribution is -2.39. The maximum absolute atomic E-state index is 9.16. The smallest absolute Gasteiger partial charge is 0.101 e. The van der Waals surface area contributed by atoms with Crippen molar-refractivity contribution in [3.63, 3.8) is 0 Å². The molecule has 1 heterocycles. The molecule has 1 aromatic carbocycles. The molecule has 4 heteroatoms. The predicted molar refractivity (Wildman–Crippen MR) is 82.2 cm³/mol. The van der Waals surface area contributed by atoms with E-state index in [2.05, 4.69) is 46.2 Å². The van der Waals surface area contributed by atoms with Gasteiger partial charge >= 0.3 is 0 Å². The van der Waals surface area contributed by atoms with Crippen molar-refractivity contribution in [1.29, 1.82) is 5.26 Å². The average molecular weight is 322 g/mol. The minimum atomic E-state index is 0.379. The second kappa shape index (κ2) is 6.40. The molecule has 2 atom stereocenters. The van der Waals surface area contributed by atoms with Crippen molar-refractivity contribution in [1.82, 2.24) is 4.90 Å². The molecule has 1 fully saturated rings. The third-order valence-electron chi connectivity index (χ3n) is 3.85. The van der Waals surface area contributed by atoms with Gasteiger partial charge in [0.25, 0.3) is 0 Å². The van der Waals surface area contributed by atoms with Crippen molar-refractivity contribution in [2.24, 2.45) is 5.92 Å². The maximum Gasteiger partial charge on any atom is 0.101 e. The number of piperidine rings is 1. The predicted octanol–water partition coefficient (Wildman–Crippen LogP) is 3.46.